The summed E-state index contributed by atoms with van der Waals surface area (Å²) in [5.41, 5.74) is 3.08. The fourth-order valence-electron chi connectivity index (χ4n) is 1.80. The zero-order chi connectivity index (χ0) is 13.3. The average Bonchev–Trinajstić information content (AvgIpc) is 2.31. The van der Waals surface area contributed by atoms with Crippen LogP contribution in [0.2, 0.25) is 0 Å². The molecule has 0 aliphatic carbocycles. The van der Waals surface area contributed by atoms with Gasteiger partial charge in [-0.15, -0.1) is 0 Å². The third kappa shape index (κ3) is 2.51. The van der Waals surface area contributed by atoms with E-state index in [-0.39, 0.29) is 11.6 Å². The molecule has 0 heterocycles. The van der Waals surface area contributed by atoms with Gasteiger partial charge in [-0.2, -0.15) is 0 Å². The topological polar surface area (TPSA) is 17.1 Å². The standard InChI is InChI=1S/C15H12BrFO/c1-9-3-4-10(2)13(7-9)15(18)12-6-5-11(17)8-14(12)16/h3-8H,1-2H3. The van der Waals surface area contributed by atoms with Crippen molar-refractivity contribution in [2.24, 2.45) is 0 Å². The summed E-state index contributed by atoms with van der Waals surface area (Å²) >= 11 is 3.23. The summed E-state index contributed by atoms with van der Waals surface area (Å²) in [5, 5.41) is 0. The van der Waals surface area contributed by atoms with Gasteiger partial charge in [-0.05, 0) is 59.6 Å². The third-order valence-electron chi connectivity index (χ3n) is 2.81. The number of aryl methyl sites for hydroxylation is 2. The van der Waals surface area contributed by atoms with Crippen molar-refractivity contribution in [3.05, 3.63) is 68.9 Å². The van der Waals surface area contributed by atoms with Gasteiger partial charge in [0.2, 0.25) is 0 Å². The van der Waals surface area contributed by atoms with Gasteiger partial charge >= 0.3 is 0 Å². The maximum atomic E-state index is 13.0. The lowest BCUT2D eigenvalue weighted by molar-refractivity contribution is 0.103. The zero-order valence-corrected chi connectivity index (χ0v) is 11.7. The second kappa shape index (κ2) is 5.02. The number of rotatable bonds is 2. The first-order valence-electron chi connectivity index (χ1n) is 5.56. The van der Waals surface area contributed by atoms with Gasteiger partial charge in [0.25, 0.3) is 0 Å². The molecule has 2 aromatic rings. The average molecular weight is 307 g/mol. The minimum Gasteiger partial charge on any atom is -0.289 e. The number of hydrogen-bond acceptors (Lipinski definition) is 1. The van der Waals surface area contributed by atoms with Crippen molar-refractivity contribution in [3.63, 3.8) is 0 Å². The van der Waals surface area contributed by atoms with E-state index in [1.165, 1.54) is 18.2 Å². The minimum absolute atomic E-state index is 0.0944. The lowest BCUT2D eigenvalue weighted by Gasteiger charge is -2.08. The molecule has 0 aliphatic heterocycles. The molecule has 0 aliphatic rings. The Balaban J connectivity index is 2.51. The lowest BCUT2D eigenvalue weighted by atomic mass is 9.97. The maximum absolute atomic E-state index is 13.0. The summed E-state index contributed by atoms with van der Waals surface area (Å²) in [6.07, 6.45) is 0. The molecule has 0 unspecified atom stereocenters. The summed E-state index contributed by atoms with van der Waals surface area (Å²) in [5.74, 6) is -0.456. The molecule has 2 rings (SSSR count). The van der Waals surface area contributed by atoms with Crippen molar-refractivity contribution in [1.82, 2.24) is 0 Å². The van der Waals surface area contributed by atoms with Crippen LogP contribution in [0.4, 0.5) is 4.39 Å². The van der Waals surface area contributed by atoms with E-state index in [1.807, 2.05) is 32.0 Å². The normalized spacial score (nSPS) is 10.4. The molecule has 0 spiro atoms. The Morgan fingerprint density at radius 1 is 1.06 bits per heavy atom. The first-order chi connectivity index (χ1) is 8.49. The van der Waals surface area contributed by atoms with Crippen LogP contribution in [0, 0.1) is 19.7 Å². The Bertz CT molecular complexity index is 620. The van der Waals surface area contributed by atoms with Crippen molar-refractivity contribution in [2.45, 2.75) is 13.8 Å². The van der Waals surface area contributed by atoms with E-state index in [9.17, 15) is 9.18 Å². The van der Waals surface area contributed by atoms with E-state index in [1.54, 1.807) is 0 Å². The van der Waals surface area contributed by atoms with Crippen LogP contribution in [-0.2, 0) is 0 Å². The molecule has 0 aromatic heterocycles. The predicted octanol–water partition coefficient (Wildman–Crippen LogP) is 4.44. The maximum Gasteiger partial charge on any atom is 0.194 e. The van der Waals surface area contributed by atoms with Gasteiger partial charge < -0.3 is 0 Å². The molecule has 2 aromatic carbocycles. The number of ketones is 1. The van der Waals surface area contributed by atoms with Crippen LogP contribution in [0.3, 0.4) is 0 Å². The van der Waals surface area contributed by atoms with Crippen molar-refractivity contribution in [2.75, 3.05) is 0 Å². The molecule has 0 atom stereocenters. The van der Waals surface area contributed by atoms with Gasteiger partial charge in [-0.1, -0.05) is 17.7 Å². The monoisotopic (exact) mass is 306 g/mol. The van der Waals surface area contributed by atoms with Crippen LogP contribution in [0.5, 0.6) is 0 Å². The summed E-state index contributed by atoms with van der Waals surface area (Å²) in [6.45, 7) is 3.83. The number of halogens is 2. The van der Waals surface area contributed by atoms with Gasteiger partial charge in [0.05, 0.1) is 0 Å². The molecule has 0 amide bonds. The van der Waals surface area contributed by atoms with Gasteiger partial charge in [-0.3, -0.25) is 4.79 Å². The largest absolute Gasteiger partial charge is 0.289 e. The number of benzene rings is 2. The molecule has 18 heavy (non-hydrogen) atoms. The van der Waals surface area contributed by atoms with Crippen LogP contribution >= 0.6 is 15.9 Å². The number of carbonyl (C=O) groups excluding carboxylic acids is 1. The van der Waals surface area contributed by atoms with Crippen molar-refractivity contribution in [1.29, 1.82) is 0 Å². The molecule has 0 saturated carbocycles. The zero-order valence-electron chi connectivity index (χ0n) is 10.1. The summed E-state index contributed by atoms with van der Waals surface area (Å²) in [6, 6.07) is 9.84. The highest BCUT2D eigenvalue weighted by Gasteiger charge is 2.15. The molecular weight excluding hydrogens is 295 g/mol. The number of carbonyl (C=O) groups is 1. The van der Waals surface area contributed by atoms with Crippen LogP contribution in [0.1, 0.15) is 27.0 Å². The Morgan fingerprint density at radius 3 is 2.44 bits per heavy atom. The quantitative estimate of drug-likeness (QED) is 0.750. The van der Waals surface area contributed by atoms with Crippen LogP contribution in [0.15, 0.2) is 40.9 Å². The molecular formula is C15H12BrFO. The van der Waals surface area contributed by atoms with E-state index >= 15 is 0 Å². The Kier molecular flexibility index (Phi) is 3.62. The molecule has 0 N–H and O–H groups in total. The molecule has 0 radical (unpaired) electrons. The molecule has 1 nitrogen and oxygen atoms in total. The summed E-state index contributed by atoms with van der Waals surface area (Å²) in [7, 11) is 0. The van der Waals surface area contributed by atoms with Crippen molar-refractivity contribution >= 4 is 21.7 Å². The molecule has 3 heteroatoms. The van der Waals surface area contributed by atoms with Crippen LogP contribution in [0.25, 0.3) is 0 Å². The van der Waals surface area contributed by atoms with E-state index in [0.29, 0.717) is 15.6 Å². The summed E-state index contributed by atoms with van der Waals surface area (Å²) < 4.78 is 13.5. The minimum atomic E-state index is -0.362. The molecule has 92 valence electrons. The van der Waals surface area contributed by atoms with E-state index < -0.39 is 0 Å². The van der Waals surface area contributed by atoms with Crippen molar-refractivity contribution < 1.29 is 9.18 Å². The highest BCUT2D eigenvalue weighted by molar-refractivity contribution is 9.10. The van der Waals surface area contributed by atoms with Gasteiger partial charge in [-0.25, -0.2) is 4.39 Å². The Hall–Kier alpha value is -1.48. The van der Waals surface area contributed by atoms with E-state index in [4.69, 9.17) is 0 Å². The second-order valence-corrected chi connectivity index (χ2v) is 5.13. The highest BCUT2D eigenvalue weighted by atomic mass is 79.9. The van der Waals surface area contributed by atoms with Crippen molar-refractivity contribution in [3.8, 4) is 0 Å². The second-order valence-electron chi connectivity index (χ2n) is 4.27. The first kappa shape index (κ1) is 13.0. The fraction of sp³-hybridized carbons (Fsp3) is 0.133. The first-order valence-corrected chi connectivity index (χ1v) is 6.35. The molecule has 0 bridgehead atoms. The Morgan fingerprint density at radius 2 is 1.78 bits per heavy atom. The third-order valence-corrected chi connectivity index (χ3v) is 3.47. The van der Waals surface area contributed by atoms with E-state index in [2.05, 4.69) is 15.9 Å². The molecule has 0 fully saturated rings. The van der Waals surface area contributed by atoms with Gasteiger partial charge in [0.1, 0.15) is 5.82 Å². The summed E-state index contributed by atoms with van der Waals surface area (Å²) in [4.78, 5) is 12.4. The van der Waals surface area contributed by atoms with Crippen LogP contribution in [-0.4, -0.2) is 5.78 Å². The molecule has 0 saturated heterocycles. The van der Waals surface area contributed by atoms with E-state index in [0.717, 1.165) is 11.1 Å². The Labute approximate surface area is 114 Å². The lowest BCUT2D eigenvalue weighted by Crippen LogP contribution is -2.05. The van der Waals surface area contributed by atoms with Gasteiger partial charge in [0.15, 0.2) is 5.78 Å². The number of hydrogen-bond donors (Lipinski definition) is 0. The van der Waals surface area contributed by atoms with Gasteiger partial charge in [0, 0.05) is 15.6 Å². The fourth-order valence-corrected chi connectivity index (χ4v) is 2.33. The predicted molar refractivity (Wildman–Crippen MR) is 73.4 cm³/mol. The SMILES string of the molecule is Cc1ccc(C)c(C(=O)c2ccc(F)cc2Br)c1. The van der Waals surface area contributed by atoms with Crippen LogP contribution < -0.4 is 0 Å². The highest BCUT2D eigenvalue weighted by Crippen LogP contribution is 2.23. The smallest absolute Gasteiger partial charge is 0.194 e.